The Kier molecular flexibility index (Phi) is 10.8. The number of rotatable bonds is 1. The fourth-order valence-electron chi connectivity index (χ4n) is 0.592. The molecule has 1 aromatic rings. The molecule has 0 fully saturated rings. The molecule has 0 aliphatic rings. The molecule has 13 heavy (non-hydrogen) atoms. The first kappa shape index (κ1) is 18.8. The predicted molar refractivity (Wildman–Crippen MR) is 44.6 cm³/mol. The Bertz CT molecular complexity index is 314. The van der Waals surface area contributed by atoms with Gasteiger partial charge in [0.2, 0.25) is 0 Å². The molecule has 0 aliphatic heterocycles. The fraction of sp³-hybridized carbons (Fsp3) is 0. The second-order valence-corrected chi connectivity index (χ2v) is 3.21. The maximum atomic E-state index is 10.4. The molecule has 72 valence electrons. The smallest absolute Gasteiger partial charge is 1.00 e. The Labute approximate surface area is 99.9 Å². The van der Waals surface area contributed by atoms with E-state index in [4.69, 9.17) is 4.55 Å². The molecular weight excluding hydrogens is 207 g/mol. The van der Waals surface area contributed by atoms with Crippen LogP contribution in [0.3, 0.4) is 0 Å². The molecule has 0 radical (unpaired) electrons. The summed E-state index contributed by atoms with van der Waals surface area (Å²) in [6.45, 7) is 0. The molecule has 5 N–H and O–H groups in total. The van der Waals surface area contributed by atoms with Gasteiger partial charge in [-0.05, 0) is 12.1 Å². The van der Waals surface area contributed by atoms with Gasteiger partial charge in [-0.15, -0.1) is 0 Å². The van der Waals surface area contributed by atoms with Gasteiger partial charge < -0.3 is 12.4 Å². The summed E-state index contributed by atoms with van der Waals surface area (Å²) in [7, 11) is -4.00. The third-order valence-electron chi connectivity index (χ3n) is 1.04. The Hall–Kier alpha value is 0.0500. The van der Waals surface area contributed by atoms with Crippen molar-refractivity contribution in [1.82, 2.24) is 0 Å². The molecule has 0 saturated heterocycles. The van der Waals surface area contributed by atoms with Gasteiger partial charge in [0.15, 0.2) is 0 Å². The van der Waals surface area contributed by atoms with Gasteiger partial charge in [-0.2, -0.15) is 8.42 Å². The van der Waals surface area contributed by atoms with Crippen molar-refractivity contribution < 1.29 is 54.9 Å². The zero-order valence-corrected chi connectivity index (χ0v) is 9.88. The summed E-state index contributed by atoms with van der Waals surface area (Å²) < 4.78 is 29.2. The molecule has 0 spiro atoms. The van der Waals surface area contributed by atoms with Crippen LogP contribution in [0.5, 0.6) is 0 Å². The van der Waals surface area contributed by atoms with Gasteiger partial charge in [-0.25, -0.2) is 0 Å². The predicted octanol–water partition coefficient (Wildman–Crippen LogP) is -3.60. The van der Waals surface area contributed by atoms with Crippen LogP contribution in [0.15, 0.2) is 35.2 Å². The summed E-state index contributed by atoms with van der Waals surface area (Å²) >= 11 is 0. The van der Waals surface area contributed by atoms with Crippen molar-refractivity contribution in [3.63, 3.8) is 0 Å². The molecule has 0 aromatic heterocycles. The third-order valence-corrected chi connectivity index (χ3v) is 1.91. The fourth-order valence-corrected chi connectivity index (χ4v) is 1.09. The van der Waals surface area contributed by atoms with Gasteiger partial charge in [0, 0.05) is 0 Å². The normalized spacial score (nSPS) is 8.69. The van der Waals surface area contributed by atoms with Crippen molar-refractivity contribution in [1.29, 1.82) is 0 Å². The average molecular weight is 218 g/mol. The first-order chi connectivity index (χ1) is 4.61. The minimum absolute atomic E-state index is 0. The number of benzene rings is 1. The Morgan fingerprint density at radius 1 is 1.08 bits per heavy atom. The second kappa shape index (κ2) is 7.45. The van der Waals surface area contributed by atoms with Crippen LogP contribution in [0.2, 0.25) is 0 Å². The quantitative estimate of drug-likeness (QED) is 0.387. The van der Waals surface area contributed by atoms with Gasteiger partial charge in [0.25, 0.3) is 10.1 Å². The standard InChI is InChI=1S/C6H6O3S.Na.2H2O.H/c7-10(8,9)6-4-2-1-3-5-6;;;;/h1-5H,(H,7,8,9);;2*1H2;/q;+1;;;-1. The summed E-state index contributed by atoms with van der Waals surface area (Å²) in [6.07, 6.45) is 0. The van der Waals surface area contributed by atoms with Crippen LogP contribution in [0, 0.1) is 0 Å². The van der Waals surface area contributed by atoms with E-state index >= 15 is 0 Å². The first-order valence-electron chi connectivity index (χ1n) is 2.63. The van der Waals surface area contributed by atoms with E-state index in [1.807, 2.05) is 0 Å². The third kappa shape index (κ3) is 6.17. The molecule has 1 aromatic carbocycles. The minimum atomic E-state index is -4.00. The van der Waals surface area contributed by atoms with Crippen molar-refractivity contribution in [2.45, 2.75) is 4.90 Å². The monoisotopic (exact) mass is 218 g/mol. The van der Waals surface area contributed by atoms with E-state index < -0.39 is 10.1 Å². The van der Waals surface area contributed by atoms with Crippen molar-refractivity contribution in [3.05, 3.63) is 30.3 Å². The van der Waals surface area contributed by atoms with E-state index in [9.17, 15) is 8.42 Å². The molecule has 0 heterocycles. The minimum Gasteiger partial charge on any atom is -1.00 e. The first-order valence-corrected chi connectivity index (χ1v) is 4.07. The van der Waals surface area contributed by atoms with Crippen molar-refractivity contribution in [2.75, 3.05) is 0 Å². The number of hydrogen-bond donors (Lipinski definition) is 1. The molecule has 0 unspecified atom stereocenters. The van der Waals surface area contributed by atoms with Gasteiger partial charge in [0.1, 0.15) is 0 Å². The van der Waals surface area contributed by atoms with E-state index in [2.05, 4.69) is 0 Å². The summed E-state index contributed by atoms with van der Waals surface area (Å²) in [4.78, 5) is -0.0741. The van der Waals surface area contributed by atoms with Crippen LogP contribution in [0.25, 0.3) is 0 Å². The van der Waals surface area contributed by atoms with E-state index in [1.165, 1.54) is 12.1 Å². The van der Waals surface area contributed by atoms with Crippen molar-refractivity contribution >= 4 is 10.1 Å². The van der Waals surface area contributed by atoms with Crippen molar-refractivity contribution in [3.8, 4) is 0 Å². The summed E-state index contributed by atoms with van der Waals surface area (Å²) in [5, 5.41) is 0. The van der Waals surface area contributed by atoms with E-state index in [1.54, 1.807) is 18.2 Å². The van der Waals surface area contributed by atoms with Gasteiger partial charge in [-0.1, -0.05) is 18.2 Å². The van der Waals surface area contributed by atoms with Crippen LogP contribution in [-0.2, 0) is 10.1 Å². The van der Waals surface area contributed by atoms with Gasteiger partial charge in [0.05, 0.1) is 4.90 Å². The Morgan fingerprint density at radius 2 is 1.46 bits per heavy atom. The molecule has 5 nitrogen and oxygen atoms in total. The zero-order valence-electron chi connectivity index (χ0n) is 8.06. The molecule has 0 saturated carbocycles. The second-order valence-electron chi connectivity index (χ2n) is 1.79. The topological polar surface area (TPSA) is 117 Å². The van der Waals surface area contributed by atoms with E-state index in [-0.39, 0.29) is 46.8 Å². The molecule has 7 heteroatoms. The summed E-state index contributed by atoms with van der Waals surface area (Å²) in [5.41, 5.74) is 0. The van der Waals surface area contributed by atoms with Crippen molar-refractivity contribution in [2.24, 2.45) is 0 Å². The molecule has 0 bridgehead atoms. The number of hydrogen-bond acceptors (Lipinski definition) is 2. The molecule has 0 aliphatic carbocycles. The van der Waals surface area contributed by atoms with Crippen LogP contribution in [0.1, 0.15) is 1.43 Å². The Balaban J connectivity index is -0.000000125. The van der Waals surface area contributed by atoms with Crippen LogP contribution < -0.4 is 29.6 Å². The van der Waals surface area contributed by atoms with Gasteiger partial charge in [-0.3, -0.25) is 4.55 Å². The van der Waals surface area contributed by atoms with Crippen LogP contribution >= 0.6 is 0 Å². The van der Waals surface area contributed by atoms with Crippen LogP contribution in [-0.4, -0.2) is 23.9 Å². The molecule has 0 amide bonds. The van der Waals surface area contributed by atoms with E-state index in [0.717, 1.165) is 0 Å². The summed E-state index contributed by atoms with van der Waals surface area (Å²) in [6, 6.07) is 7.42. The van der Waals surface area contributed by atoms with Gasteiger partial charge >= 0.3 is 29.6 Å². The molecular formula is C6H11NaO5S. The Morgan fingerprint density at radius 3 is 1.69 bits per heavy atom. The van der Waals surface area contributed by atoms with E-state index in [0.29, 0.717) is 0 Å². The van der Waals surface area contributed by atoms with Crippen LogP contribution in [0.4, 0.5) is 0 Å². The summed E-state index contributed by atoms with van der Waals surface area (Å²) in [5.74, 6) is 0. The largest absolute Gasteiger partial charge is 1.00 e. The molecule has 1 rings (SSSR count). The molecule has 0 atom stereocenters. The maximum Gasteiger partial charge on any atom is 1.00 e. The zero-order chi connectivity index (χ0) is 7.61. The average Bonchev–Trinajstić information content (AvgIpc) is 1.88. The SMILES string of the molecule is O.O.O=S(=O)(O)c1ccccc1.[H-].[Na+]. The maximum absolute atomic E-state index is 10.4.